The van der Waals surface area contributed by atoms with Crippen LogP contribution in [0.3, 0.4) is 0 Å². The summed E-state index contributed by atoms with van der Waals surface area (Å²) in [6, 6.07) is 10.8. The van der Waals surface area contributed by atoms with Crippen LogP contribution in [0.1, 0.15) is 26.3 Å². The van der Waals surface area contributed by atoms with Gasteiger partial charge >= 0.3 is 0 Å². The molecular formula is C18H15NO5. The number of ketones is 2. The van der Waals surface area contributed by atoms with Gasteiger partial charge in [0.2, 0.25) is 17.3 Å². The van der Waals surface area contributed by atoms with E-state index < -0.39 is 11.6 Å². The quantitative estimate of drug-likeness (QED) is 0.599. The smallest absolute Gasteiger partial charge is 0.234 e. The normalized spacial score (nSPS) is 9.75. The second kappa shape index (κ2) is 7.29. The van der Waals surface area contributed by atoms with Crippen LogP contribution in [0.2, 0.25) is 0 Å². The number of hydrogen-bond donors (Lipinski definition) is 0. The lowest BCUT2D eigenvalue weighted by Crippen LogP contribution is -2.16. The molecule has 0 aliphatic rings. The molecule has 0 heterocycles. The van der Waals surface area contributed by atoms with E-state index in [4.69, 9.17) is 19.5 Å². The Morgan fingerprint density at radius 3 is 2.00 bits per heavy atom. The highest BCUT2D eigenvalue weighted by Crippen LogP contribution is 2.38. The number of nitriles is 1. The summed E-state index contributed by atoms with van der Waals surface area (Å²) in [6.45, 7) is 0. The minimum atomic E-state index is -0.776. The Kier molecular flexibility index (Phi) is 5.17. The summed E-state index contributed by atoms with van der Waals surface area (Å²) in [5.41, 5.74) is 0.282. The zero-order valence-electron chi connectivity index (χ0n) is 13.5. The molecule has 2 rings (SSSR count). The van der Waals surface area contributed by atoms with Crippen LogP contribution >= 0.6 is 0 Å². The standard InChI is InChI=1S/C18H15NO5/c1-22-14-8-12(9-15(23-2)18(14)24-3)16(20)17(21)13-7-5-4-6-11(13)10-19/h4-9H,1-3H3. The van der Waals surface area contributed by atoms with E-state index in [2.05, 4.69) is 0 Å². The number of benzene rings is 2. The molecule has 0 spiro atoms. The van der Waals surface area contributed by atoms with Crippen molar-refractivity contribution in [1.82, 2.24) is 0 Å². The van der Waals surface area contributed by atoms with E-state index in [1.54, 1.807) is 12.1 Å². The summed E-state index contributed by atoms with van der Waals surface area (Å²) < 4.78 is 15.5. The van der Waals surface area contributed by atoms with Crippen molar-refractivity contribution in [3.05, 3.63) is 53.1 Å². The van der Waals surface area contributed by atoms with Crippen LogP contribution in [-0.4, -0.2) is 32.9 Å². The Hall–Kier alpha value is -3.33. The van der Waals surface area contributed by atoms with Gasteiger partial charge in [0.1, 0.15) is 0 Å². The molecule has 0 radical (unpaired) electrons. The molecule has 0 aliphatic heterocycles. The Bertz CT molecular complexity index is 811. The van der Waals surface area contributed by atoms with Gasteiger partial charge in [-0.2, -0.15) is 5.26 Å². The average molecular weight is 325 g/mol. The number of nitrogens with zero attached hydrogens (tertiary/aromatic N) is 1. The van der Waals surface area contributed by atoms with E-state index in [-0.39, 0.29) is 28.2 Å². The fourth-order valence-electron chi connectivity index (χ4n) is 2.24. The lowest BCUT2D eigenvalue weighted by Gasteiger charge is -2.13. The van der Waals surface area contributed by atoms with Crippen LogP contribution in [0.5, 0.6) is 17.2 Å². The van der Waals surface area contributed by atoms with Crippen LogP contribution in [0.4, 0.5) is 0 Å². The molecule has 24 heavy (non-hydrogen) atoms. The summed E-state index contributed by atoms with van der Waals surface area (Å²) in [6.07, 6.45) is 0. The Morgan fingerprint density at radius 2 is 1.50 bits per heavy atom. The first-order chi connectivity index (χ1) is 11.6. The molecule has 122 valence electrons. The highest BCUT2D eigenvalue weighted by molar-refractivity contribution is 6.49. The molecular weight excluding hydrogens is 310 g/mol. The SMILES string of the molecule is COc1cc(C(=O)C(=O)c2ccccc2C#N)cc(OC)c1OC. The molecule has 0 aromatic heterocycles. The van der Waals surface area contributed by atoms with Gasteiger partial charge in [-0.1, -0.05) is 12.1 Å². The highest BCUT2D eigenvalue weighted by Gasteiger charge is 2.24. The van der Waals surface area contributed by atoms with Gasteiger partial charge in [0.15, 0.2) is 11.5 Å². The summed E-state index contributed by atoms with van der Waals surface area (Å²) >= 11 is 0. The van der Waals surface area contributed by atoms with E-state index in [1.807, 2.05) is 6.07 Å². The molecule has 0 atom stereocenters. The third-order valence-corrected chi connectivity index (χ3v) is 3.43. The van der Waals surface area contributed by atoms with E-state index in [1.165, 1.54) is 45.6 Å². The molecule has 0 N–H and O–H groups in total. The summed E-state index contributed by atoms with van der Waals surface area (Å²) in [5.74, 6) is -0.692. The zero-order valence-corrected chi connectivity index (χ0v) is 13.5. The molecule has 0 bridgehead atoms. The van der Waals surface area contributed by atoms with E-state index in [9.17, 15) is 9.59 Å². The van der Waals surface area contributed by atoms with Crippen molar-refractivity contribution in [3.63, 3.8) is 0 Å². The molecule has 0 unspecified atom stereocenters. The van der Waals surface area contributed by atoms with Gasteiger partial charge in [0, 0.05) is 11.1 Å². The lowest BCUT2D eigenvalue weighted by atomic mass is 9.97. The second-order valence-electron chi connectivity index (χ2n) is 4.73. The average Bonchev–Trinajstić information content (AvgIpc) is 2.65. The number of methoxy groups -OCH3 is 3. The molecule has 6 heteroatoms. The van der Waals surface area contributed by atoms with Crippen LogP contribution in [0.25, 0.3) is 0 Å². The molecule has 0 fully saturated rings. The van der Waals surface area contributed by atoms with Crippen molar-refractivity contribution in [2.45, 2.75) is 0 Å². The van der Waals surface area contributed by atoms with Crippen LogP contribution in [0, 0.1) is 11.3 Å². The van der Waals surface area contributed by atoms with Gasteiger partial charge < -0.3 is 14.2 Å². The first-order valence-corrected chi connectivity index (χ1v) is 6.95. The molecule has 2 aromatic rings. The molecule has 0 aliphatic carbocycles. The first kappa shape index (κ1) is 17.0. The Morgan fingerprint density at radius 1 is 0.917 bits per heavy atom. The van der Waals surface area contributed by atoms with Crippen LogP contribution in [0.15, 0.2) is 36.4 Å². The van der Waals surface area contributed by atoms with Crippen LogP contribution < -0.4 is 14.2 Å². The predicted molar refractivity (Wildman–Crippen MR) is 85.9 cm³/mol. The fourth-order valence-corrected chi connectivity index (χ4v) is 2.24. The van der Waals surface area contributed by atoms with Crippen molar-refractivity contribution in [1.29, 1.82) is 5.26 Å². The molecule has 0 saturated carbocycles. The first-order valence-electron chi connectivity index (χ1n) is 6.95. The third kappa shape index (κ3) is 3.06. The number of carbonyl (C=O) groups is 2. The number of Topliss-reactive ketones (excluding diaryl/α,β-unsaturated/α-hetero) is 2. The summed E-state index contributed by atoms with van der Waals surface area (Å²) in [4.78, 5) is 25.0. The molecule has 0 amide bonds. The second-order valence-corrected chi connectivity index (χ2v) is 4.73. The van der Waals surface area contributed by atoms with Gasteiger partial charge in [-0.3, -0.25) is 9.59 Å². The highest BCUT2D eigenvalue weighted by atomic mass is 16.5. The van der Waals surface area contributed by atoms with Crippen LogP contribution in [-0.2, 0) is 0 Å². The Labute approximate surface area is 139 Å². The van der Waals surface area contributed by atoms with Crippen molar-refractivity contribution >= 4 is 11.6 Å². The van der Waals surface area contributed by atoms with Crippen molar-refractivity contribution < 1.29 is 23.8 Å². The lowest BCUT2D eigenvalue weighted by molar-refractivity contribution is 0.0816. The molecule has 2 aromatic carbocycles. The largest absolute Gasteiger partial charge is 0.493 e. The molecule has 6 nitrogen and oxygen atoms in total. The minimum absolute atomic E-state index is 0.0544. The van der Waals surface area contributed by atoms with Gasteiger partial charge in [-0.25, -0.2) is 0 Å². The summed E-state index contributed by atoms with van der Waals surface area (Å²) in [5, 5.41) is 9.08. The van der Waals surface area contributed by atoms with E-state index in [0.717, 1.165) is 0 Å². The molecule has 0 saturated heterocycles. The van der Waals surface area contributed by atoms with Gasteiger partial charge in [0.25, 0.3) is 0 Å². The number of ether oxygens (including phenoxy) is 3. The topological polar surface area (TPSA) is 85.6 Å². The number of rotatable bonds is 6. The summed E-state index contributed by atoms with van der Waals surface area (Å²) in [7, 11) is 4.27. The maximum absolute atomic E-state index is 12.5. The maximum Gasteiger partial charge on any atom is 0.234 e. The van der Waals surface area contributed by atoms with E-state index >= 15 is 0 Å². The van der Waals surface area contributed by atoms with Crippen molar-refractivity contribution in [2.24, 2.45) is 0 Å². The minimum Gasteiger partial charge on any atom is -0.493 e. The zero-order chi connectivity index (χ0) is 17.7. The predicted octanol–water partition coefficient (Wildman–Crippen LogP) is 2.65. The Balaban J connectivity index is 2.50. The monoisotopic (exact) mass is 325 g/mol. The maximum atomic E-state index is 12.5. The van der Waals surface area contributed by atoms with Gasteiger partial charge in [0.05, 0.1) is 33.0 Å². The third-order valence-electron chi connectivity index (χ3n) is 3.43. The van der Waals surface area contributed by atoms with Gasteiger partial charge in [-0.15, -0.1) is 0 Å². The van der Waals surface area contributed by atoms with Gasteiger partial charge in [-0.05, 0) is 24.3 Å². The van der Waals surface area contributed by atoms with Crippen molar-refractivity contribution in [2.75, 3.05) is 21.3 Å². The fraction of sp³-hybridized carbons (Fsp3) is 0.167. The van der Waals surface area contributed by atoms with Crippen molar-refractivity contribution in [3.8, 4) is 23.3 Å². The van der Waals surface area contributed by atoms with E-state index in [0.29, 0.717) is 5.75 Å². The number of hydrogen-bond acceptors (Lipinski definition) is 6. The number of carbonyl (C=O) groups excluding carboxylic acids is 2.